The molecule has 5 nitrogen and oxygen atoms in total. The molecule has 0 saturated heterocycles. The van der Waals surface area contributed by atoms with E-state index in [1.165, 1.54) is 25.1 Å². The summed E-state index contributed by atoms with van der Waals surface area (Å²) in [6.45, 7) is 1.51. The number of hydrogen-bond acceptors (Lipinski definition) is 3. The van der Waals surface area contributed by atoms with E-state index in [0.717, 1.165) is 0 Å². The second kappa shape index (κ2) is 5.06. The zero-order valence-electron chi connectivity index (χ0n) is 8.66. The van der Waals surface area contributed by atoms with E-state index >= 15 is 0 Å². The van der Waals surface area contributed by atoms with Crippen molar-refractivity contribution in [2.45, 2.75) is 6.92 Å². The van der Waals surface area contributed by atoms with Gasteiger partial charge in [0.05, 0.1) is 16.4 Å². The summed E-state index contributed by atoms with van der Waals surface area (Å²) in [7, 11) is 0. The first kappa shape index (κ1) is 11.9. The molecule has 1 N–H and O–H groups in total. The highest BCUT2D eigenvalue weighted by Gasteiger charge is 2.11. The van der Waals surface area contributed by atoms with Crippen LogP contribution in [0.3, 0.4) is 0 Å². The molecule has 84 valence electrons. The van der Waals surface area contributed by atoms with E-state index in [4.69, 9.17) is 5.11 Å². The second-order valence-corrected chi connectivity index (χ2v) is 3.30. The molecule has 0 saturated carbocycles. The van der Waals surface area contributed by atoms with Crippen molar-refractivity contribution in [3.63, 3.8) is 0 Å². The van der Waals surface area contributed by atoms with Crippen molar-refractivity contribution in [2.75, 3.05) is 0 Å². The molecule has 0 heterocycles. The van der Waals surface area contributed by atoms with Crippen molar-refractivity contribution >= 4 is 17.7 Å². The third-order valence-electron chi connectivity index (χ3n) is 2.09. The first-order valence-corrected chi connectivity index (χ1v) is 4.67. The minimum atomic E-state index is -0.963. The van der Waals surface area contributed by atoms with Gasteiger partial charge >= 0.3 is 5.97 Å². The van der Waals surface area contributed by atoms with Gasteiger partial charge in [-0.25, -0.2) is 0 Å². The predicted octanol–water partition coefficient (Wildman–Crippen LogP) is 2.33. The predicted molar refractivity (Wildman–Crippen MR) is 58.9 cm³/mol. The average Bonchev–Trinajstić information content (AvgIpc) is 2.25. The Kier molecular flexibility index (Phi) is 3.77. The average molecular weight is 221 g/mol. The van der Waals surface area contributed by atoms with Crippen LogP contribution in [-0.2, 0) is 4.79 Å². The number of carbonyl (C=O) groups is 1. The van der Waals surface area contributed by atoms with Crippen LogP contribution in [0.1, 0.15) is 12.5 Å². The highest BCUT2D eigenvalue weighted by molar-refractivity contribution is 5.74. The molecule has 0 aliphatic rings. The molecular weight excluding hydrogens is 210 g/mol. The molecule has 0 bridgehead atoms. The summed E-state index contributed by atoms with van der Waals surface area (Å²) in [5, 5.41) is 19.3. The Hall–Kier alpha value is -2.17. The summed E-state index contributed by atoms with van der Waals surface area (Å²) in [5.74, 6) is -1.63. The molecule has 0 aromatic heterocycles. The molecule has 0 amide bonds. The summed E-state index contributed by atoms with van der Waals surface area (Å²) in [6.07, 6.45) is 2.88. The van der Waals surface area contributed by atoms with E-state index in [-0.39, 0.29) is 5.69 Å². The van der Waals surface area contributed by atoms with Gasteiger partial charge < -0.3 is 5.11 Å². The molecule has 16 heavy (non-hydrogen) atoms. The maximum Gasteiger partial charge on any atom is 0.310 e. The summed E-state index contributed by atoms with van der Waals surface area (Å²) < 4.78 is 0. The van der Waals surface area contributed by atoms with Crippen molar-refractivity contribution in [2.24, 2.45) is 5.92 Å². The fraction of sp³-hybridized carbons (Fsp3) is 0.182. The van der Waals surface area contributed by atoms with E-state index < -0.39 is 16.8 Å². The normalized spacial score (nSPS) is 12.6. The van der Waals surface area contributed by atoms with Crippen molar-refractivity contribution in [1.29, 1.82) is 0 Å². The highest BCUT2D eigenvalue weighted by atomic mass is 16.6. The minimum absolute atomic E-state index is 0.0312. The fourth-order valence-electron chi connectivity index (χ4n) is 1.13. The van der Waals surface area contributed by atoms with Gasteiger partial charge in [-0.05, 0) is 13.0 Å². The molecule has 1 aromatic rings. The van der Waals surface area contributed by atoms with Gasteiger partial charge in [0.15, 0.2) is 0 Å². The smallest absolute Gasteiger partial charge is 0.310 e. The van der Waals surface area contributed by atoms with Crippen molar-refractivity contribution in [3.8, 4) is 0 Å². The largest absolute Gasteiger partial charge is 0.481 e. The van der Waals surface area contributed by atoms with E-state index in [9.17, 15) is 14.9 Å². The number of para-hydroxylation sites is 1. The Balaban J connectivity index is 2.97. The number of carboxylic acids is 1. The standard InChI is InChI=1S/C11H11NO4/c1-8(11(13)14)6-7-9-4-2-3-5-10(9)12(15)16/h2-8H,1H3,(H,13,14). The first-order chi connectivity index (χ1) is 7.52. The maximum atomic E-state index is 10.7. The Bertz CT molecular complexity index is 439. The molecule has 0 fully saturated rings. The van der Waals surface area contributed by atoms with E-state index in [0.29, 0.717) is 5.56 Å². The van der Waals surface area contributed by atoms with Crippen LogP contribution in [0.4, 0.5) is 5.69 Å². The van der Waals surface area contributed by atoms with Gasteiger partial charge in [0.1, 0.15) is 0 Å². The summed E-state index contributed by atoms with van der Waals surface area (Å²) >= 11 is 0. The number of rotatable bonds is 4. The monoisotopic (exact) mass is 221 g/mol. The SMILES string of the molecule is CC(C=Cc1ccccc1[N+](=O)[O-])C(=O)O. The lowest BCUT2D eigenvalue weighted by Gasteiger charge is -1.99. The van der Waals surface area contributed by atoms with Gasteiger partial charge in [0.25, 0.3) is 5.69 Å². The molecule has 1 unspecified atom stereocenters. The molecule has 1 atom stereocenters. The highest BCUT2D eigenvalue weighted by Crippen LogP contribution is 2.19. The number of nitro benzene ring substituents is 1. The van der Waals surface area contributed by atoms with Crippen LogP contribution in [0.2, 0.25) is 0 Å². The van der Waals surface area contributed by atoms with Gasteiger partial charge in [-0.1, -0.05) is 24.3 Å². The third kappa shape index (κ3) is 2.91. The van der Waals surface area contributed by atoms with Crippen LogP contribution in [0, 0.1) is 16.0 Å². The van der Waals surface area contributed by atoms with Crippen molar-refractivity contribution in [3.05, 3.63) is 46.0 Å². The molecule has 0 spiro atoms. The summed E-state index contributed by atoms with van der Waals surface area (Å²) in [5.41, 5.74) is 0.372. The zero-order valence-corrected chi connectivity index (χ0v) is 8.66. The lowest BCUT2D eigenvalue weighted by Crippen LogP contribution is -2.05. The number of aliphatic carboxylic acids is 1. The molecule has 0 aliphatic heterocycles. The topological polar surface area (TPSA) is 80.4 Å². The summed E-state index contributed by atoms with van der Waals surface area (Å²) in [6, 6.07) is 6.18. The minimum Gasteiger partial charge on any atom is -0.481 e. The Morgan fingerprint density at radius 3 is 2.69 bits per heavy atom. The number of carboxylic acid groups (broad SMARTS) is 1. The lowest BCUT2D eigenvalue weighted by atomic mass is 10.1. The quantitative estimate of drug-likeness (QED) is 0.625. The number of hydrogen-bond donors (Lipinski definition) is 1. The number of nitro groups is 1. The van der Waals surface area contributed by atoms with Crippen molar-refractivity contribution < 1.29 is 14.8 Å². The second-order valence-electron chi connectivity index (χ2n) is 3.30. The molecule has 1 aromatic carbocycles. The van der Waals surface area contributed by atoms with Crippen LogP contribution in [0.5, 0.6) is 0 Å². The van der Waals surface area contributed by atoms with Crippen LogP contribution >= 0.6 is 0 Å². The summed E-state index contributed by atoms with van der Waals surface area (Å²) in [4.78, 5) is 20.7. The van der Waals surface area contributed by atoms with Gasteiger partial charge in [0, 0.05) is 6.07 Å². The lowest BCUT2D eigenvalue weighted by molar-refractivity contribution is -0.385. The van der Waals surface area contributed by atoms with Gasteiger partial charge in [-0.3, -0.25) is 14.9 Å². The third-order valence-corrected chi connectivity index (χ3v) is 2.09. The number of benzene rings is 1. The van der Waals surface area contributed by atoms with Gasteiger partial charge in [-0.15, -0.1) is 0 Å². The molecule has 1 rings (SSSR count). The van der Waals surface area contributed by atoms with Crippen LogP contribution < -0.4 is 0 Å². The van der Waals surface area contributed by atoms with E-state index in [1.807, 2.05) is 0 Å². The van der Waals surface area contributed by atoms with E-state index in [2.05, 4.69) is 0 Å². The number of nitrogens with zero attached hydrogens (tertiary/aromatic N) is 1. The Morgan fingerprint density at radius 2 is 2.12 bits per heavy atom. The molecule has 5 heteroatoms. The Morgan fingerprint density at radius 1 is 1.50 bits per heavy atom. The molecular formula is C11H11NO4. The first-order valence-electron chi connectivity index (χ1n) is 4.67. The Labute approximate surface area is 92.2 Å². The molecule has 0 aliphatic carbocycles. The van der Waals surface area contributed by atoms with Gasteiger partial charge in [-0.2, -0.15) is 0 Å². The van der Waals surface area contributed by atoms with Crippen LogP contribution in [0.15, 0.2) is 30.3 Å². The van der Waals surface area contributed by atoms with E-state index in [1.54, 1.807) is 18.2 Å². The van der Waals surface area contributed by atoms with Crippen LogP contribution in [-0.4, -0.2) is 16.0 Å². The van der Waals surface area contributed by atoms with Gasteiger partial charge in [0.2, 0.25) is 0 Å². The zero-order chi connectivity index (χ0) is 12.1. The fourth-order valence-corrected chi connectivity index (χ4v) is 1.13. The van der Waals surface area contributed by atoms with Crippen LogP contribution in [0.25, 0.3) is 6.08 Å². The maximum absolute atomic E-state index is 10.7. The molecule has 0 radical (unpaired) electrons. The van der Waals surface area contributed by atoms with Crippen molar-refractivity contribution in [1.82, 2.24) is 0 Å².